The van der Waals surface area contributed by atoms with Gasteiger partial charge in [0.25, 0.3) is 5.04 Å². The summed E-state index contributed by atoms with van der Waals surface area (Å²) in [5.41, 5.74) is 0.983. The van der Waals surface area contributed by atoms with E-state index >= 15 is 0 Å². The van der Waals surface area contributed by atoms with E-state index in [-0.39, 0.29) is 11.4 Å². The molecular weight excluding hydrogens is 344 g/mol. The largest absolute Gasteiger partial charge is 0.610 e. The van der Waals surface area contributed by atoms with Crippen molar-refractivity contribution < 1.29 is 13.9 Å². The van der Waals surface area contributed by atoms with Crippen LogP contribution in [0.1, 0.15) is 26.0 Å². The molecule has 2 aromatic rings. The second kappa shape index (κ2) is 5.05. The Morgan fingerprint density at radius 2 is 2.25 bits per heavy atom. The van der Waals surface area contributed by atoms with Crippen molar-refractivity contribution >= 4 is 43.1 Å². The zero-order valence-corrected chi connectivity index (χ0v) is 13.5. The van der Waals surface area contributed by atoms with E-state index in [9.17, 15) is 4.55 Å². The third-order valence-corrected chi connectivity index (χ3v) is 4.78. The minimum Gasteiger partial charge on any atom is -0.610 e. The molecule has 0 fully saturated rings. The second-order valence-corrected chi connectivity index (χ2v) is 7.64. The number of rotatable bonds is 2. The molecule has 0 spiro atoms. The van der Waals surface area contributed by atoms with Crippen molar-refractivity contribution in [3.63, 3.8) is 0 Å². The average Bonchev–Trinajstić information content (AvgIpc) is 2.93. The lowest BCUT2D eigenvalue weighted by atomic mass is 10.1. The van der Waals surface area contributed by atoms with Gasteiger partial charge in [-0.25, -0.2) is 0 Å². The summed E-state index contributed by atoms with van der Waals surface area (Å²) in [6, 6.07) is 5.62. The van der Waals surface area contributed by atoms with Crippen LogP contribution in [0.4, 0.5) is 0 Å². The van der Waals surface area contributed by atoms with Crippen molar-refractivity contribution in [2.75, 3.05) is 0 Å². The number of benzene rings is 1. The molecule has 5 nitrogen and oxygen atoms in total. The van der Waals surface area contributed by atoms with Crippen LogP contribution in [0.3, 0.4) is 0 Å². The van der Waals surface area contributed by atoms with E-state index in [2.05, 4.69) is 26.2 Å². The van der Waals surface area contributed by atoms with Gasteiger partial charge in [-0.3, -0.25) is 0 Å². The maximum Gasteiger partial charge on any atom is 0.259 e. The fraction of sp³-hybridized carbons (Fsp3) is 0.385. The molecule has 2 heterocycles. The highest BCUT2D eigenvalue weighted by Crippen LogP contribution is 2.28. The maximum atomic E-state index is 12.3. The molecule has 1 aromatic heterocycles. The minimum atomic E-state index is -1.25. The molecular formula is C13H13BrN2O3S. The molecule has 0 saturated carbocycles. The van der Waals surface area contributed by atoms with E-state index in [0.29, 0.717) is 22.7 Å². The van der Waals surface area contributed by atoms with Gasteiger partial charge in [-0.15, -0.1) is 0 Å². The van der Waals surface area contributed by atoms with Crippen LogP contribution in [0.25, 0.3) is 11.0 Å². The lowest BCUT2D eigenvalue weighted by Crippen LogP contribution is -2.23. The highest BCUT2D eigenvalue weighted by molar-refractivity contribution is 9.10. The van der Waals surface area contributed by atoms with E-state index in [0.717, 1.165) is 9.86 Å². The first kappa shape index (κ1) is 13.9. The number of halogens is 1. The van der Waals surface area contributed by atoms with Gasteiger partial charge in [-0.2, -0.15) is 0 Å². The molecule has 1 aliphatic heterocycles. The average molecular weight is 357 g/mol. The predicted molar refractivity (Wildman–Crippen MR) is 80.8 cm³/mol. The van der Waals surface area contributed by atoms with Gasteiger partial charge in [0.05, 0.1) is 11.8 Å². The molecule has 106 valence electrons. The fourth-order valence-electron chi connectivity index (χ4n) is 2.00. The molecule has 0 aliphatic carbocycles. The van der Waals surface area contributed by atoms with Gasteiger partial charge in [0.15, 0.2) is 11.3 Å². The quantitative estimate of drug-likeness (QED) is 0.773. The van der Waals surface area contributed by atoms with E-state index < -0.39 is 11.2 Å². The number of hydrogen-bond acceptors (Lipinski definition) is 5. The van der Waals surface area contributed by atoms with E-state index in [4.69, 9.17) is 9.36 Å². The van der Waals surface area contributed by atoms with Crippen LogP contribution in [-0.2, 0) is 21.8 Å². The first-order chi connectivity index (χ1) is 9.44. The standard InChI is InChI=1S/C13H13BrN2O3S/c1-13(2)6-12(16-19-13)20(17)7-10-9-5-8(14)3-4-11(9)18-15-10/h3-5H,6-7H2,1-2H3. The Balaban J connectivity index is 1.81. The Kier molecular flexibility index (Phi) is 3.51. The summed E-state index contributed by atoms with van der Waals surface area (Å²) in [6.45, 7) is 3.84. The monoisotopic (exact) mass is 356 g/mol. The Morgan fingerprint density at radius 3 is 2.95 bits per heavy atom. The zero-order valence-electron chi connectivity index (χ0n) is 11.1. The predicted octanol–water partition coefficient (Wildman–Crippen LogP) is 3.35. The van der Waals surface area contributed by atoms with E-state index in [1.165, 1.54) is 0 Å². The Morgan fingerprint density at radius 1 is 1.45 bits per heavy atom. The van der Waals surface area contributed by atoms with Gasteiger partial charge in [0, 0.05) is 15.6 Å². The van der Waals surface area contributed by atoms with Crippen LogP contribution in [0.5, 0.6) is 0 Å². The van der Waals surface area contributed by atoms with Gasteiger partial charge < -0.3 is 13.9 Å². The second-order valence-electron chi connectivity index (χ2n) is 5.27. The molecule has 1 unspecified atom stereocenters. The molecule has 0 bridgehead atoms. The van der Waals surface area contributed by atoms with E-state index in [1.807, 2.05) is 32.0 Å². The molecule has 1 aliphatic rings. The highest BCUT2D eigenvalue weighted by Gasteiger charge is 2.36. The summed E-state index contributed by atoms with van der Waals surface area (Å²) in [5, 5.41) is 9.35. The normalized spacial score (nSPS) is 18.9. The summed E-state index contributed by atoms with van der Waals surface area (Å²) in [4.78, 5) is 5.24. The van der Waals surface area contributed by atoms with Crippen molar-refractivity contribution in [2.24, 2.45) is 5.16 Å². The van der Waals surface area contributed by atoms with Crippen molar-refractivity contribution in [2.45, 2.75) is 31.6 Å². The first-order valence-corrected chi connectivity index (χ1v) is 8.23. The van der Waals surface area contributed by atoms with Crippen LogP contribution >= 0.6 is 15.9 Å². The third kappa shape index (κ3) is 2.70. The maximum absolute atomic E-state index is 12.3. The van der Waals surface area contributed by atoms with Gasteiger partial charge in [-0.1, -0.05) is 21.1 Å². The third-order valence-electron chi connectivity index (χ3n) is 3.01. The Labute approximate surface area is 127 Å². The zero-order chi connectivity index (χ0) is 14.3. The van der Waals surface area contributed by atoms with Crippen LogP contribution in [0.2, 0.25) is 0 Å². The smallest absolute Gasteiger partial charge is 0.259 e. The van der Waals surface area contributed by atoms with Crippen molar-refractivity contribution in [1.82, 2.24) is 5.16 Å². The summed E-state index contributed by atoms with van der Waals surface area (Å²) in [6.07, 6.45) is 0.569. The SMILES string of the molecule is CC1(C)CC([S+]([O-])Cc2noc3ccc(Br)cc23)=NO1. The molecule has 3 rings (SSSR count). The fourth-order valence-corrected chi connectivity index (χ4v) is 3.61. The highest BCUT2D eigenvalue weighted by atomic mass is 79.9. The summed E-state index contributed by atoms with van der Waals surface area (Å²) in [5.74, 6) is 0.279. The van der Waals surface area contributed by atoms with Crippen molar-refractivity contribution in [3.05, 3.63) is 28.4 Å². The van der Waals surface area contributed by atoms with Gasteiger partial charge in [-0.05, 0) is 37.2 Å². The lowest BCUT2D eigenvalue weighted by molar-refractivity contribution is 0.0123. The van der Waals surface area contributed by atoms with Crippen LogP contribution < -0.4 is 0 Å². The minimum absolute atomic E-state index is 0.279. The molecule has 1 aromatic carbocycles. The molecule has 0 saturated heterocycles. The molecule has 7 heteroatoms. The number of fused-ring (bicyclic) bond motifs is 1. The van der Waals surface area contributed by atoms with Gasteiger partial charge in [0.2, 0.25) is 0 Å². The van der Waals surface area contributed by atoms with Crippen LogP contribution in [-0.4, -0.2) is 20.4 Å². The molecule has 0 N–H and O–H groups in total. The molecule has 20 heavy (non-hydrogen) atoms. The number of nitrogens with zero attached hydrogens (tertiary/aromatic N) is 2. The Hall–Kier alpha value is -1.05. The molecule has 0 radical (unpaired) electrons. The molecule has 1 atom stereocenters. The number of hydrogen-bond donors (Lipinski definition) is 0. The van der Waals surface area contributed by atoms with Crippen molar-refractivity contribution in [1.29, 1.82) is 0 Å². The summed E-state index contributed by atoms with van der Waals surface area (Å²) >= 11 is 2.16. The van der Waals surface area contributed by atoms with Crippen LogP contribution in [0.15, 0.2) is 32.4 Å². The summed E-state index contributed by atoms with van der Waals surface area (Å²) < 4.78 is 18.5. The summed E-state index contributed by atoms with van der Waals surface area (Å²) in [7, 11) is 0. The lowest BCUT2D eigenvalue weighted by Gasteiger charge is -2.13. The van der Waals surface area contributed by atoms with E-state index in [1.54, 1.807) is 0 Å². The van der Waals surface area contributed by atoms with Crippen LogP contribution in [0, 0.1) is 0 Å². The van der Waals surface area contributed by atoms with Gasteiger partial charge >= 0.3 is 0 Å². The Bertz CT molecular complexity index is 683. The number of aromatic nitrogens is 1. The number of oxime groups is 1. The first-order valence-electron chi connectivity index (χ1n) is 6.12. The topological polar surface area (TPSA) is 70.7 Å². The molecule has 0 amide bonds. The van der Waals surface area contributed by atoms with Gasteiger partial charge in [0.1, 0.15) is 11.3 Å². The van der Waals surface area contributed by atoms with Crippen molar-refractivity contribution in [3.8, 4) is 0 Å².